The highest BCUT2D eigenvalue weighted by Crippen LogP contribution is 2.21. The van der Waals surface area contributed by atoms with Gasteiger partial charge in [0.1, 0.15) is 0 Å². The molecule has 0 unspecified atom stereocenters. The van der Waals surface area contributed by atoms with Gasteiger partial charge in [-0.1, -0.05) is 42.5 Å². The predicted octanol–water partition coefficient (Wildman–Crippen LogP) is 1.89. The average molecular weight is 467 g/mol. The van der Waals surface area contributed by atoms with E-state index >= 15 is 0 Å². The average Bonchev–Trinajstić information content (AvgIpc) is 3.19. The number of amides is 1. The van der Waals surface area contributed by atoms with Crippen LogP contribution in [0.25, 0.3) is 0 Å². The molecule has 2 fully saturated rings. The van der Waals surface area contributed by atoms with E-state index in [0.717, 1.165) is 38.3 Å². The number of rotatable bonds is 7. The monoisotopic (exact) mass is 466 g/mol. The summed E-state index contributed by atoms with van der Waals surface area (Å²) in [5.41, 5.74) is 2.86. The van der Waals surface area contributed by atoms with E-state index in [-0.39, 0.29) is 23.5 Å². The molecule has 7 nitrogen and oxygen atoms in total. The van der Waals surface area contributed by atoms with Gasteiger partial charge in [0.2, 0.25) is 5.91 Å². The molecule has 174 valence electrons. The molecule has 0 aromatic heterocycles. The van der Waals surface area contributed by atoms with Crippen LogP contribution in [0.5, 0.6) is 0 Å². The fraction of sp³-hybridized carbons (Fsp3) is 0.440. The SMILES string of the molecule is N#Cc1ccc(CN2CCN(CC(=O)N(Cc3ccccc3)[C@H]3CCS(=O)(=O)C3)CC2)cc1. The molecule has 2 heterocycles. The van der Waals surface area contributed by atoms with Crippen LogP contribution in [0.2, 0.25) is 0 Å². The van der Waals surface area contributed by atoms with Crippen molar-refractivity contribution in [3.8, 4) is 6.07 Å². The molecule has 0 saturated carbocycles. The van der Waals surface area contributed by atoms with Gasteiger partial charge in [-0.2, -0.15) is 5.26 Å². The van der Waals surface area contributed by atoms with Crippen molar-refractivity contribution in [1.29, 1.82) is 5.26 Å². The summed E-state index contributed by atoms with van der Waals surface area (Å²) < 4.78 is 24.1. The zero-order valence-corrected chi connectivity index (χ0v) is 19.6. The number of piperazine rings is 1. The molecule has 2 aromatic carbocycles. The number of carbonyl (C=O) groups excluding carboxylic acids is 1. The summed E-state index contributed by atoms with van der Waals surface area (Å²) >= 11 is 0. The van der Waals surface area contributed by atoms with E-state index in [1.54, 1.807) is 4.90 Å². The molecule has 1 amide bonds. The zero-order chi connectivity index (χ0) is 23.3. The van der Waals surface area contributed by atoms with Crippen molar-refractivity contribution >= 4 is 15.7 Å². The summed E-state index contributed by atoms with van der Waals surface area (Å²) in [6.07, 6.45) is 0.513. The molecule has 0 N–H and O–H groups in total. The van der Waals surface area contributed by atoms with Crippen LogP contribution >= 0.6 is 0 Å². The van der Waals surface area contributed by atoms with E-state index in [2.05, 4.69) is 15.9 Å². The highest BCUT2D eigenvalue weighted by Gasteiger charge is 2.35. The van der Waals surface area contributed by atoms with Crippen molar-refractivity contribution in [2.75, 3.05) is 44.2 Å². The topological polar surface area (TPSA) is 84.7 Å². The number of nitriles is 1. The van der Waals surface area contributed by atoms with E-state index in [4.69, 9.17) is 5.26 Å². The number of sulfone groups is 1. The van der Waals surface area contributed by atoms with E-state index in [9.17, 15) is 13.2 Å². The molecule has 33 heavy (non-hydrogen) atoms. The predicted molar refractivity (Wildman–Crippen MR) is 127 cm³/mol. The van der Waals surface area contributed by atoms with Gasteiger partial charge in [-0.15, -0.1) is 0 Å². The summed E-state index contributed by atoms with van der Waals surface area (Å²) in [7, 11) is -3.07. The third-order valence-corrected chi connectivity index (χ3v) is 8.23. The van der Waals surface area contributed by atoms with Crippen LogP contribution in [0.4, 0.5) is 0 Å². The van der Waals surface area contributed by atoms with E-state index < -0.39 is 9.84 Å². The third-order valence-electron chi connectivity index (χ3n) is 6.48. The molecule has 2 aliphatic heterocycles. The minimum absolute atomic E-state index is 0.00138. The summed E-state index contributed by atoms with van der Waals surface area (Å²) in [6, 6.07) is 19.3. The number of carbonyl (C=O) groups is 1. The molecular weight excluding hydrogens is 436 g/mol. The number of benzene rings is 2. The Kier molecular flexibility index (Phi) is 7.43. The Hall–Kier alpha value is -2.73. The first kappa shape index (κ1) is 23.4. The second kappa shape index (κ2) is 10.5. The Bertz CT molecular complexity index is 1090. The summed E-state index contributed by atoms with van der Waals surface area (Å²) in [4.78, 5) is 19.6. The Morgan fingerprint density at radius 3 is 2.24 bits per heavy atom. The van der Waals surface area contributed by atoms with Crippen molar-refractivity contribution in [3.63, 3.8) is 0 Å². The highest BCUT2D eigenvalue weighted by molar-refractivity contribution is 7.91. The van der Waals surface area contributed by atoms with Crippen molar-refractivity contribution in [2.45, 2.75) is 25.6 Å². The molecule has 2 aliphatic rings. The van der Waals surface area contributed by atoms with Crippen molar-refractivity contribution in [3.05, 3.63) is 71.3 Å². The maximum atomic E-state index is 13.3. The van der Waals surface area contributed by atoms with Crippen LogP contribution in [0.3, 0.4) is 0 Å². The Balaban J connectivity index is 1.33. The van der Waals surface area contributed by atoms with Crippen molar-refractivity contribution in [2.24, 2.45) is 0 Å². The molecule has 0 bridgehead atoms. The van der Waals surface area contributed by atoms with E-state index in [0.29, 0.717) is 25.1 Å². The lowest BCUT2D eigenvalue weighted by Crippen LogP contribution is -2.51. The second-order valence-corrected chi connectivity index (χ2v) is 11.2. The van der Waals surface area contributed by atoms with Gasteiger partial charge in [0.15, 0.2) is 9.84 Å². The van der Waals surface area contributed by atoms with Crippen LogP contribution in [0, 0.1) is 11.3 Å². The molecule has 4 rings (SSSR count). The maximum Gasteiger partial charge on any atom is 0.237 e. The number of hydrogen-bond acceptors (Lipinski definition) is 6. The Morgan fingerprint density at radius 2 is 1.64 bits per heavy atom. The zero-order valence-electron chi connectivity index (χ0n) is 18.8. The minimum atomic E-state index is -3.07. The van der Waals surface area contributed by atoms with Crippen molar-refractivity contribution in [1.82, 2.24) is 14.7 Å². The van der Waals surface area contributed by atoms with Gasteiger partial charge in [0.05, 0.1) is 29.7 Å². The Morgan fingerprint density at radius 1 is 0.970 bits per heavy atom. The first-order valence-electron chi connectivity index (χ1n) is 11.4. The summed E-state index contributed by atoms with van der Waals surface area (Å²) in [6.45, 7) is 4.90. The second-order valence-electron chi connectivity index (χ2n) is 8.93. The van der Waals surface area contributed by atoms with E-state index in [1.807, 2.05) is 54.6 Å². The van der Waals surface area contributed by atoms with Crippen LogP contribution in [0.15, 0.2) is 54.6 Å². The fourth-order valence-corrected chi connectivity index (χ4v) is 6.28. The number of hydrogen-bond donors (Lipinski definition) is 0. The molecule has 0 radical (unpaired) electrons. The molecule has 0 aliphatic carbocycles. The van der Waals surface area contributed by atoms with Gasteiger partial charge in [-0.3, -0.25) is 14.6 Å². The fourth-order valence-electron chi connectivity index (χ4n) is 4.55. The van der Waals surface area contributed by atoms with Gasteiger partial charge < -0.3 is 4.90 Å². The highest BCUT2D eigenvalue weighted by atomic mass is 32.2. The standard InChI is InChI=1S/C25H30N4O3S/c26-16-21-6-8-23(9-7-21)17-27-11-13-28(14-12-27)19-25(30)29(18-22-4-2-1-3-5-22)24-10-15-33(31,32)20-24/h1-9,24H,10-15,17-20H2/t24-/m0/s1. The lowest BCUT2D eigenvalue weighted by atomic mass is 10.1. The van der Waals surface area contributed by atoms with Gasteiger partial charge in [-0.25, -0.2) is 8.42 Å². The minimum Gasteiger partial charge on any atom is -0.333 e. The maximum absolute atomic E-state index is 13.3. The third kappa shape index (κ3) is 6.41. The van der Waals surface area contributed by atoms with Gasteiger partial charge >= 0.3 is 0 Å². The normalized spacial score (nSPS) is 20.9. The Labute approximate surface area is 196 Å². The quantitative estimate of drug-likeness (QED) is 0.620. The lowest BCUT2D eigenvalue weighted by molar-refractivity contribution is -0.135. The molecule has 1 atom stereocenters. The van der Waals surface area contributed by atoms with E-state index in [1.165, 1.54) is 5.56 Å². The van der Waals surface area contributed by atoms with Gasteiger partial charge in [0.25, 0.3) is 0 Å². The molecular formula is C25H30N4O3S. The molecule has 0 spiro atoms. The molecule has 2 aromatic rings. The van der Waals surface area contributed by atoms with Crippen molar-refractivity contribution < 1.29 is 13.2 Å². The van der Waals surface area contributed by atoms with Crippen LogP contribution in [0.1, 0.15) is 23.1 Å². The lowest BCUT2D eigenvalue weighted by Gasteiger charge is -2.36. The van der Waals surface area contributed by atoms with Crippen LogP contribution in [-0.2, 0) is 27.7 Å². The van der Waals surface area contributed by atoms with Crippen LogP contribution < -0.4 is 0 Å². The molecule has 8 heteroatoms. The smallest absolute Gasteiger partial charge is 0.237 e. The molecule has 2 saturated heterocycles. The first-order valence-corrected chi connectivity index (χ1v) is 13.2. The van der Waals surface area contributed by atoms with Gasteiger partial charge in [-0.05, 0) is 29.7 Å². The van der Waals surface area contributed by atoms with Crippen LogP contribution in [-0.4, -0.2) is 79.3 Å². The summed E-state index contributed by atoms with van der Waals surface area (Å²) in [5.74, 6) is 0.218. The summed E-state index contributed by atoms with van der Waals surface area (Å²) in [5, 5.41) is 8.94. The van der Waals surface area contributed by atoms with Gasteiger partial charge in [0, 0.05) is 45.3 Å². The first-order chi connectivity index (χ1) is 15.9. The number of nitrogens with zero attached hydrogens (tertiary/aromatic N) is 4. The largest absolute Gasteiger partial charge is 0.333 e.